The van der Waals surface area contributed by atoms with E-state index in [1.807, 2.05) is 0 Å². The van der Waals surface area contributed by atoms with Gasteiger partial charge < -0.3 is 4.74 Å². The number of halogens is 1. The first-order valence-electron chi connectivity index (χ1n) is 5.92. The number of benzene rings is 1. The van der Waals surface area contributed by atoms with Crippen LogP contribution in [0.5, 0.6) is 5.75 Å². The number of carbonyl (C=O) groups is 1. The van der Waals surface area contributed by atoms with Gasteiger partial charge in [-0.25, -0.2) is 4.39 Å². The van der Waals surface area contributed by atoms with Crippen LogP contribution in [0.25, 0.3) is 0 Å². The van der Waals surface area contributed by atoms with Crippen molar-refractivity contribution in [2.24, 2.45) is 5.92 Å². The summed E-state index contributed by atoms with van der Waals surface area (Å²) in [5, 5.41) is 8.70. The van der Waals surface area contributed by atoms with Crippen molar-refractivity contribution in [3.8, 4) is 11.8 Å². The van der Waals surface area contributed by atoms with E-state index in [0.717, 1.165) is 0 Å². The largest absolute Gasteiger partial charge is 0.494 e. The minimum atomic E-state index is -0.554. The van der Waals surface area contributed by atoms with Crippen molar-refractivity contribution in [1.29, 1.82) is 5.26 Å². The summed E-state index contributed by atoms with van der Waals surface area (Å²) >= 11 is 0. The van der Waals surface area contributed by atoms with Gasteiger partial charge in [-0.05, 0) is 32.2 Å². The second kappa shape index (κ2) is 6.86. The van der Waals surface area contributed by atoms with Crippen LogP contribution >= 0.6 is 0 Å². The van der Waals surface area contributed by atoms with Crippen molar-refractivity contribution in [2.75, 3.05) is 27.2 Å². The molecule has 0 N–H and O–H groups in total. The van der Waals surface area contributed by atoms with E-state index in [1.165, 1.54) is 25.3 Å². The number of carbonyl (C=O) groups excluding carboxylic acids is 1. The molecule has 0 fully saturated rings. The number of Topliss-reactive ketones (excluding diaryl/α,β-unsaturated/α-hetero) is 1. The molecule has 4 nitrogen and oxygen atoms in total. The third kappa shape index (κ3) is 4.34. The van der Waals surface area contributed by atoms with Crippen molar-refractivity contribution in [1.82, 2.24) is 4.90 Å². The summed E-state index contributed by atoms with van der Waals surface area (Å²) in [4.78, 5) is 13.7. The quantitative estimate of drug-likeness (QED) is 0.738. The lowest BCUT2D eigenvalue weighted by atomic mass is 10.1. The van der Waals surface area contributed by atoms with Crippen LogP contribution < -0.4 is 4.74 Å². The number of ketones is 1. The Morgan fingerprint density at radius 1 is 1.58 bits per heavy atom. The molecule has 0 radical (unpaired) electrons. The zero-order valence-electron chi connectivity index (χ0n) is 11.3. The number of ether oxygens (including phenoxy) is 1. The summed E-state index contributed by atoms with van der Waals surface area (Å²) < 4.78 is 18.3. The van der Waals surface area contributed by atoms with Gasteiger partial charge in [0.2, 0.25) is 0 Å². The van der Waals surface area contributed by atoms with Gasteiger partial charge in [-0.3, -0.25) is 9.69 Å². The van der Waals surface area contributed by atoms with E-state index in [0.29, 0.717) is 12.1 Å². The molecule has 0 saturated heterocycles. The molecular weight excluding hydrogens is 247 g/mol. The zero-order valence-corrected chi connectivity index (χ0v) is 11.3. The predicted molar refractivity (Wildman–Crippen MR) is 69.6 cm³/mol. The predicted octanol–water partition coefficient (Wildman–Crippen LogP) is 2.11. The van der Waals surface area contributed by atoms with Gasteiger partial charge in [-0.2, -0.15) is 5.26 Å². The number of hydrogen-bond donors (Lipinski definition) is 0. The first-order chi connectivity index (χ1) is 8.97. The Hall–Kier alpha value is -1.93. The minimum Gasteiger partial charge on any atom is -0.494 e. The van der Waals surface area contributed by atoms with E-state index in [2.05, 4.69) is 6.07 Å². The van der Waals surface area contributed by atoms with Gasteiger partial charge in [-0.15, -0.1) is 0 Å². The number of likely N-dealkylation sites (N-methyl/N-ethyl adjacent to an activating group) is 1. The molecule has 1 atom stereocenters. The molecule has 5 heteroatoms. The maximum atomic E-state index is 13.5. The Labute approximate surface area is 112 Å². The molecule has 1 rings (SSSR count). The van der Waals surface area contributed by atoms with Gasteiger partial charge in [0.25, 0.3) is 0 Å². The van der Waals surface area contributed by atoms with Gasteiger partial charge in [0.05, 0.1) is 25.6 Å². The van der Waals surface area contributed by atoms with Crippen LogP contribution in [0.2, 0.25) is 0 Å². The summed E-state index contributed by atoms with van der Waals surface area (Å²) in [5.41, 5.74) is 0.301. The van der Waals surface area contributed by atoms with E-state index in [1.54, 1.807) is 18.9 Å². The van der Waals surface area contributed by atoms with Crippen molar-refractivity contribution in [2.45, 2.75) is 6.92 Å². The maximum Gasteiger partial charge on any atom is 0.176 e. The molecule has 0 bridgehead atoms. The highest BCUT2D eigenvalue weighted by Crippen LogP contribution is 2.18. The molecule has 0 spiro atoms. The molecule has 0 heterocycles. The SMILES string of the molecule is COc1ccc(C(=O)CN(C)CC(C)C#N)cc1F. The fraction of sp³-hybridized carbons (Fsp3) is 0.429. The second-order valence-corrected chi connectivity index (χ2v) is 4.50. The molecule has 0 aliphatic carbocycles. The average molecular weight is 264 g/mol. The van der Waals surface area contributed by atoms with Gasteiger partial charge >= 0.3 is 0 Å². The van der Waals surface area contributed by atoms with Gasteiger partial charge in [0.1, 0.15) is 0 Å². The highest BCUT2D eigenvalue weighted by molar-refractivity contribution is 5.97. The number of nitriles is 1. The van der Waals surface area contributed by atoms with Crippen LogP contribution in [0.4, 0.5) is 4.39 Å². The number of methoxy groups -OCH3 is 1. The Bertz CT molecular complexity index is 497. The van der Waals surface area contributed by atoms with Crippen molar-refractivity contribution < 1.29 is 13.9 Å². The summed E-state index contributed by atoms with van der Waals surface area (Å²) in [6, 6.07) is 6.24. The highest BCUT2D eigenvalue weighted by atomic mass is 19.1. The molecule has 102 valence electrons. The zero-order chi connectivity index (χ0) is 14.4. The van der Waals surface area contributed by atoms with Crippen molar-refractivity contribution >= 4 is 5.78 Å². The summed E-state index contributed by atoms with van der Waals surface area (Å²) in [5.74, 6) is -0.774. The summed E-state index contributed by atoms with van der Waals surface area (Å²) in [7, 11) is 3.13. The normalized spacial score (nSPS) is 12.0. The van der Waals surface area contributed by atoms with Gasteiger partial charge in [-0.1, -0.05) is 0 Å². The first-order valence-corrected chi connectivity index (χ1v) is 5.92. The Morgan fingerprint density at radius 3 is 2.79 bits per heavy atom. The first kappa shape index (κ1) is 15.1. The topological polar surface area (TPSA) is 53.3 Å². The van der Waals surface area contributed by atoms with E-state index in [4.69, 9.17) is 10.00 Å². The average Bonchev–Trinajstić information content (AvgIpc) is 2.38. The Balaban J connectivity index is 2.68. The van der Waals surface area contributed by atoms with Crippen LogP contribution in [0, 0.1) is 23.1 Å². The molecule has 1 aromatic rings. The van der Waals surface area contributed by atoms with Crippen LogP contribution in [0.3, 0.4) is 0 Å². The molecule has 0 aromatic heterocycles. The van der Waals surface area contributed by atoms with Gasteiger partial charge in [0.15, 0.2) is 17.3 Å². The van der Waals surface area contributed by atoms with Crippen LogP contribution in [0.15, 0.2) is 18.2 Å². The molecule has 0 amide bonds. The monoisotopic (exact) mass is 264 g/mol. The van der Waals surface area contributed by atoms with E-state index < -0.39 is 5.82 Å². The Morgan fingerprint density at radius 2 is 2.26 bits per heavy atom. The van der Waals surface area contributed by atoms with Crippen molar-refractivity contribution in [3.63, 3.8) is 0 Å². The van der Waals surface area contributed by atoms with Crippen LogP contribution in [-0.2, 0) is 0 Å². The molecule has 0 saturated carbocycles. The third-order valence-electron chi connectivity index (χ3n) is 2.69. The van der Waals surface area contributed by atoms with Gasteiger partial charge in [0, 0.05) is 12.1 Å². The van der Waals surface area contributed by atoms with Crippen LogP contribution in [0.1, 0.15) is 17.3 Å². The number of nitrogens with zero attached hydrogens (tertiary/aromatic N) is 2. The number of hydrogen-bond acceptors (Lipinski definition) is 4. The smallest absolute Gasteiger partial charge is 0.176 e. The van der Waals surface area contributed by atoms with Crippen molar-refractivity contribution in [3.05, 3.63) is 29.6 Å². The lowest BCUT2D eigenvalue weighted by Crippen LogP contribution is -2.29. The van der Waals surface area contributed by atoms with E-state index >= 15 is 0 Å². The minimum absolute atomic E-state index is 0.114. The number of rotatable bonds is 6. The van der Waals surface area contributed by atoms with E-state index in [9.17, 15) is 9.18 Å². The summed E-state index contributed by atoms with van der Waals surface area (Å²) in [6.07, 6.45) is 0. The molecule has 0 aliphatic heterocycles. The maximum absolute atomic E-state index is 13.5. The fourth-order valence-electron chi connectivity index (χ4n) is 1.75. The Kier molecular flexibility index (Phi) is 5.46. The molecule has 19 heavy (non-hydrogen) atoms. The van der Waals surface area contributed by atoms with E-state index in [-0.39, 0.29) is 24.0 Å². The standard InChI is InChI=1S/C14H17FN2O2/c1-10(7-16)8-17(2)9-13(18)11-4-5-14(19-3)12(15)6-11/h4-6,10H,8-9H2,1-3H3. The molecular formula is C14H17FN2O2. The molecule has 1 aromatic carbocycles. The molecule has 0 aliphatic rings. The lowest BCUT2D eigenvalue weighted by molar-refractivity contribution is 0.0942. The highest BCUT2D eigenvalue weighted by Gasteiger charge is 2.13. The second-order valence-electron chi connectivity index (χ2n) is 4.50. The lowest BCUT2D eigenvalue weighted by Gasteiger charge is -2.16. The summed E-state index contributed by atoms with van der Waals surface area (Å²) in [6.45, 7) is 2.44. The fourth-order valence-corrected chi connectivity index (χ4v) is 1.75. The van der Waals surface area contributed by atoms with Crippen LogP contribution in [-0.4, -0.2) is 37.9 Å². The third-order valence-corrected chi connectivity index (χ3v) is 2.69. The molecule has 1 unspecified atom stereocenters.